The van der Waals surface area contributed by atoms with E-state index in [9.17, 15) is 18.1 Å². The Labute approximate surface area is 197 Å². The molecule has 6 heteroatoms. The van der Waals surface area contributed by atoms with Gasteiger partial charge in [-0.05, 0) is 12.8 Å². The first-order valence-electron chi connectivity index (χ1n) is 11.6. The average Bonchev–Trinajstić information content (AvgIpc) is 2.61. The molecule has 0 amide bonds. The van der Waals surface area contributed by atoms with Crippen LogP contribution >= 0.6 is 0 Å². The van der Waals surface area contributed by atoms with Crippen LogP contribution < -0.4 is 29.6 Å². The number of rotatable bonds is 20. The summed E-state index contributed by atoms with van der Waals surface area (Å²) < 4.78 is 34.5. The predicted molar refractivity (Wildman–Crippen MR) is 114 cm³/mol. The molecule has 0 aromatic rings. The molecule has 0 aliphatic heterocycles. The van der Waals surface area contributed by atoms with Gasteiger partial charge in [-0.2, -0.15) is 0 Å². The van der Waals surface area contributed by atoms with E-state index in [4.69, 9.17) is 0 Å². The van der Waals surface area contributed by atoms with Gasteiger partial charge < -0.3 is 9.66 Å². The van der Waals surface area contributed by atoms with Crippen molar-refractivity contribution in [1.82, 2.24) is 0 Å². The van der Waals surface area contributed by atoms with Gasteiger partial charge in [-0.1, -0.05) is 117 Å². The van der Waals surface area contributed by atoms with Crippen LogP contribution in [0.15, 0.2) is 0 Å². The van der Waals surface area contributed by atoms with Crippen molar-refractivity contribution in [2.45, 2.75) is 141 Å². The Balaban J connectivity index is 0. The number of hydrogen-bond donors (Lipinski definition) is 1. The van der Waals surface area contributed by atoms with E-state index >= 15 is 0 Å². The molecule has 0 saturated heterocycles. The first-order chi connectivity index (χ1) is 12.9. The fourth-order valence-electron chi connectivity index (χ4n) is 3.68. The van der Waals surface area contributed by atoms with Gasteiger partial charge in [-0.15, -0.1) is 0 Å². The van der Waals surface area contributed by atoms with E-state index in [1.165, 1.54) is 57.8 Å². The van der Waals surface area contributed by atoms with Crippen molar-refractivity contribution in [3.8, 4) is 0 Å². The zero-order valence-electron chi connectivity index (χ0n) is 19.0. The summed E-state index contributed by atoms with van der Waals surface area (Å²) in [5.74, 6) is 0. The molecule has 2 atom stereocenters. The van der Waals surface area contributed by atoms with Crippen LogP contribution in [0.4, 0.5) is 0 Å². The maximum absolute atomic E-state index is 11.5. The van der Waals surface area contributed by atoms with Crippen LogP contribution in [0.1, 0.15) is 129 Å². The zero-order valence-corrected chi connectivity index (χ0v) is 21.8. The molecule has 0 bridgehead atoms. The molecule has 0 aromatic heterocycles. The minimum atomic E-state index is -4.42. The molecule has 0 spiro atoms. The van der Waals surface area contributed by atoms with Gasteiger partial charge >= 0.3 is 29.6 Å². The first kappa shape index (κ1) is 31.1. The topological polar surface area (TPSA) is 77.4 Å². The van der Waals surface area contributed by atoms with Gasteiger partial charge in [0.05, 0.1) is 11.4 Å². The van der Waals surface area contributed by atoms with E-state index < -0.39 is 21.5 Å². The molecule has 0 saturated carbocycles. The molecule has 164 valence electrons. The van der Waals surface area contributed by atoms with Crippen LogP contribution in [0.25, 0.3) is 0 Å². The third-order valence-electron chi connectivity index (χ3n) is 5.50. The van der Waals surface area contributed by atoms with Gasteiger partial charge in [0.15, 0.2) is 0 Å². The molecule has 2 unspecified atom stereocenters. The van der Waals surface area contributed by atoms with Gasteiger partial charge in [0.2, 0.25) is 0 Å². The summed E-state index contributed by atoms with van der Waals surface area (Å²) in [6.07, 6.45) is 18.0. The van der Waals surface area contributed by atoms with E-state index in [0.29, 0.717) is 19.3 Å². The van der Waals surface area contributed by atoms with Crippen molar-refractivity contribution in [1.29, 1.82) is 0 Å². The van der Waals surface area contributed by atoms with Crippen molar-refractivity contribution >= 4 is 10.1 Å². The van der Waals surface area contributed by atoms with Crippen LogP contribution in [0, 0.1) is 0 Å². The molecule has 0 aliphatic rings. The van der Waals surface area contributed by atoms with E-state index in [1.807, 2.05) is 0 Å². The second kappa shape index (κ2) is 21.1. The zero-order chi connectivity index (χ0) is 20.4. The summed E-state index contributed by atoms with van der Waals surface area (Å²) in [5, 5.41) is 9.11. The minimum absolute atomic E-state index is 0. The molecule has 0 fully saturated rings. The Morgan fingerprint density at radius 1 is 0.643 bits per heavy atom. The fourth-order valence-corrected chi connectivity index (χ4v) is 4.66. The Hall–Kier alpha value is 0.870. The van der Waals surface area contributed by atoms with Gasteiger partial charge in [0.1, 0.15) is 10.1 Å². The maximum atomic E-state index is 11.5. The summed E-state index contributed by atoms with van der Waals surface area (Å²) in [6, 6.07) is 0. The number of unbranched alkanes of at least 4 members (excludes halogenated alkanes) is 14. The number of aliphatic hydroxyl groups is 1. The monoisotopic (exact) mass is 428 g/mol. The van der Waals surface area contributed by atoms with E-state index in [-0.39, 0.29) is 29.6 Å². The Kier molecular flexibility index (Phi) is 23.4. The quantitative estimate of drug-likeness (QED) is 0.183. The summed E-state index contributed by atoms with van der Waals surface area (Å²) in [5.41, 5.74) is 0. The van der Waals surface area contributed by atoms with E-state index in [0.717, 1.165) is 38.5 Å². The molecule has 28 heavy (non-hydrogen) atoms. The van der Waals surface area contributed by atoms with Gasteiger partial charge in [-0.3, -0.25) is 0 Å². The molecular weight excluding hydrogens is 383 g/mol. The second-order valence-electron chi connectivity index (χ2n) is 8.13. The molecule has 0 aliphatic carbocycles. The molecule has 4 nitrogen and oxygen atoms in total. The van der Waals surface area contributed by atoms with Gasteiger partial charge in [0.25, 0.3) is 0 Å². The first-order valence-corrected chi connectivity index (χ1v) is 13.0. The van der Waals surface area contributed by atoms with Crippen LogP contribution in [-0.4, -0.2) is 29.4 Å². The van der Waals surface area contributed by atoms with Crippen molar-refractivity contribution in [3.63, 3.8) is 0 Å². The number of hydrogen-bond acceptors (Lipinski definition) is 4. The third kappa shape index (κ3) is 18.9. The standard InChI is InChI=1S/C22H46O4S.Na/c1-3-5-7-9-11-12-13-14-15-17-19-21(23)22(27(24,25)26)20-18-16-10-8-6-4-2;/h21-23H,3-20H2,1-2H3,(H,24,25,26);/q;+1/p-1. The van der Waals surface area contributed by atoms with E-state index in [1.54, 1.807) is 0 Å². The van der Waals surface area contributed by atoms with Crippen molar-refractivity contribution in [3.05, 3.63) is 0 Å². The second-order valence-corrected chi connectivity index (χ2v) is 9.72. The van der Waals surface area contributed by atoms with Crippen LogP contribution in [-0.2, 0) is 10.1 Å². The van der Waals surface area contributed by atoms with Gasteiger partial charge in [0, 0.05) is 0 Å². The fraction of sp³-hybridized carbons (Fsp3) is 1.00. The van der Waals surface area contributed by atoms with Gasteiger partial charge in [-0.25, -0.2) is 8.42 Å². The van der Waals surface area contributed by atoms with Crippen molar-refractivity contribution in [2.75, 3.05) is 0 Å². The summed E-state index contributed by atoms with van der Waals surface area (Å²) >= 11 is 0. The summed E-state index contributed by atoms with van der Waals surface area (Å²) in [6.45, 7) is 4.38. The molecule has 0 rings (SSSR count). The minimum Gasteiger partial charge on any atom is -0.748 e. The predicted octanol–water partition coefficient (Wildman–Crippen LogP) is 3.33. The Morgan fingerprint density at radius 3 is 1.32 bits per heavy atom. The van der Waals surface area contributed by atoms with Crippen LogP contribution in [0.5, 0.6) is 0 Å². The largest absolute Gasteiger partial charge is 1.00 e. The molecular formula is C22H45NaO4S. The third-order valence-corrected chi connectivity index (χ3v) is 6.79. The number of aliphatic hydroxyl groups excluding tert-OH is 1. The SMILES string of the molecule is CCCCCCCCCCCCC(O)C(CCCCCCCC)S(=O)(=O)[O-].[Na+]. The molecule has 0 radical (unpaired) electrons. The molecule has 0 aromatic carbocycles. The van der Waals surface area contributed by atoms with Crippen molar-refractivity contribution in [2.24, 2.45) is 0 Å². The van der Waals surface area contributed by atoms with Crippen LogP contribution in [0.3, 0.4) is 0 Å². The summed E-state index contributed by atoms with van der Waals surface area (Å²) in [7, 11) is -4.42. The molecule has 1 N–H and O–H groups in total. The summed E-state index contributed by atoms with van der Waals surface area (Å²) in [4.78, 5) is 0. The maximum Gasteiger partial charge on any atom is 1.00 e. The normalized spacial score (nSPS) is 13.9. The Morgan fingerprint density at radius 2 is 0.964 bits per heavy atom. The molecule has 0 heterocycles. The van der Waals surface area contributed by atoms with Crippen molar-refractivity contribution < 1.29 is 47.6 Å². The van der Waals surface area contributed by atoms with E-state index in [2.05, 4.69) is 13.8 Å². The van der Waals surface area contributed by atoms with Crippen LogP contribution in [0.2, 0.25) is 0 Å². The average molecular weight is 429 g/mol. The Bertz CT molecular complexity index is 415. The smallest absolute Gasteiger partial charge is 0.748 e.